The van der Waals surface area contributed by atoms with Gasteiger partial charge in [-0.05, 0) is 19.3 Å². The Balaban J connectivity index is 3.95. The lowest BCUT2D eigenvalue weighted by atomic mass is 10.0. The van der Waals surface area contributed by atoms with Gasteiger partial charge in [0.15, 0.2) is 0 Å². The van der Waals surface area contributed by atoms with Gasteiger partial charge in [-0.3, -0.25) is 9.59 Å². The molecule has 0 rings (SSSR count). The van der Waals surface area contributed by atoms with Crippen molar-refractivity contribution in [3.63, 3.8) is 0 Å². The van der Waals surface area contributed by atoms with Crippen LogP contribution in [-0.4, -0.2) is 37.0 Å². The second-order valence-corrected chi connectivity index (χ2v) is 10.7. The highest BCUT2D eigenvalue weighted by atomic mass is 16.5. The maximum absolute atomic E-state index is 12.4. The number of Topliss-reactive ketones (excluding diaryl/α,β-unsaturated/α-hetero) is 1. The first-order valence-corrected chi connectivity index (χ1v) is 15.8. The third-order valence-electron chi connectivity index (χ3n) is 6.97. The van der Waals surface area contributed by atoms with Gasteiger partial charge >= 0.3 is 6.09 Å². The summed E-state index contributed by atoms with van der Waals surface area (Å²) in [6, 6.07) is -0.321. The highest BCUT2D eigenvalue weighted by Crippen LogP contribution is 2.13. The zero-order valence-electron chi connectivity index (χ0n) is 24.7. The molecule has 0 fully saturated rings. The predicted molar refractivity (Wildman–Crippen MR) is 155 cm³/mol. The standard InChI is InChI=1S/C31H60N2O4/c1-4-7-10-12-14-15-16-17-18-19-20-22-25-29(34)30(35)33-28(24-9-6-3)27-37-31(36)32-26-23-21-13-11-8-5-2/h28H,4-27H2,1-3H3,(H,32,36)(H,33,35)/t28-/m0/s1. The van der Waals surface area contributed by atoms with Crippen molar-refractivity contribution >= 4 is 17.8 Å². The van der Waals surface area contributed by atoms with Crippen LogP contribution in [0.4, 0.5) is 4.79 Å². The lowest BCUT2D eigenvalue weighted by molar-refractivity contribution is -0.138. The van der Waals surface area contributed by atoms with Gasteiger partial charge in [-0.15, -0.1) is 0 Å². The topological polar surface area (TPSA) is 84.5 Å². The van der Waals surface area contributed by atoms with Gasteiger partial charge in [0.2, 0.25) is 5.78 Å². The molecule has 0 spiro atoms. The number of unbranched alkanes of at least 4 members (excludes halogenated alkanes) is 17. The van der Waals surface area contributed by atoms with Gasteiger partial charge in [0.25, 0.3) is 5.91 Å². The largest absolute Gasteiger partial charge is 0.447 e. The molecule has 0 radical (unpaired) electrons. The monoisotopic (exact) mass is 524 g/mol. The molecule has 0 aromatic rings. The van der Waals surface area contributed by atoms with Crippen LogP contribution in [0.2, 0.25) is 0 Å². The Labute approximate surface area is 228 Å². The molecule has 6 nitrogen and oxygen atoms in total. The van der Waals surface area contributed by atoms with Crippen molar-refractivity contribution in [2.24, 2.45) is 0 Å². The lowest BCUT2D eigenvalue weighted by Gasteiger charge is -2.18. The van der Waals surface area contributed by atoms with E-state index in [1.165, 1.54) is 83.5 Å². The number of ketones is 1. The van der Waals surface area contributed by atoms with E-state index >= 15 is 0 Å². The van der Waals surface area contributed by atoms with E-state index < -0.39 is 12.0 Å². The van der Waals surface area contributed by atoms with Crippen LogP contribution in [0.25, 0.3) is 0 Å². The molecule has 0 saturated carbocycles. The van der Waals surface area contributed by atoms with E-state index in [4.69, 9.17) is 4.74 Å². The molecule has 2 amide bonds. The summed E-state index contributed by atoms with van der Waals surface area (Å²) >= 11 is 0. The van der Waals surface area contributed by atoms with E-state index in [0.717, 1.165) is 44.9 Å². The zero-order chi connectivity index (χ0) is 27.4. The number of rotatable bonds is 27. The summed E-state index contributed by atoms with van der Waals surface area (Å²) in [6.45, 7) is 7.23. The Morgan fingerprint density at radius 1 is 0.595 bits per heavy atom. The molecule has 0 aliphatic heterocycles. The van der Waals surface area contributed by atoms with Crippen molar-refractivity contribution in [3.8, 4) is 0 Å². The number of ether oxygens (including phenoxy) is 1. The number of hydrogen-bond donors (Lipinski definition) is 2. The summed E-state index contributed by atoms with van der Waals surface area (Å²) in [7, 11) is 0. The van der Waals surface area contributed by atoms with Crippen LogP contribution in [0.1, 0.15) is 162 Å². The first-order valence-electron chi connectivity index (χ1n) is 15.8. The SMILES string of the molecule is CCCCCCCCCCCCCCC(=O)C(=O)N[C@@H](CCCC)COC(=O)NCCCCCCCC. The van der Waals surface area contributed by atoms with Gasteiger partial charge in [-0.2, -0.15) is 0 Å². The van der Waals surface area contributed by atoms with Crippen LogP contribution in [0.5, 0.6) is 0 Å². The van der Waals surface area contributed by atoms with Gasteiger partial charge < -0.3 is 15.4 Å². The Morgan fingerprint density at radius 3 is 1.57 bits per heavy atom. The molecule has 0 unspecified atom stereocenters. The number of carbonyl (C=O) groups is 3. The van der Waals surface area contributed by atoms with Crippen LogP contribution >= 0.6 is 0 Å². The Hall–Kier alpha value is -1.59. The molecule has 1 atom stereocenters. The van der Waals surface area contributed by atoms with E-state index in [0.29, 0.717) is 19.4 Å². The summed E-state index contributed by atoms with van der Waals surface area (Å²) in [5.74, 6) is -0.902. The second kappa shape index (κ2) is 27.4. The van der Waals surface area contributed by atoms with Crippen LogP contribution in [0.15, 0.2) is 0 Å². The number of hydrogen-bond acceptors (Lipinski definition) is 4. The summed E-state index contributed by atoms with van der Waals surface area (Å²) in [4.78, 5) is 36.7. The van der Waals surface area contributed by atoms with Crippen LogP contribution in [0.3, 0.4) is 0 Å². The molecule has 0 saturated heterocycles. The van der Waals surface area contributed by atoms with Crippen molar-refractivity contribution in [2.75, 3.05) is 13.2 Å². The molecule has 218 valence electrons. The average Bonchev–Trinajstić information content (AvgIpc) is 2.90. The van der Waals surface area contributed by atoms with Crippen LogP contribution in [0, 0.1) is 0 Å². The van der Waals surface area contributed by atoms with E-state index in [1.807, 2.05) is 0 Å². The molecule has 2 N–H and O–H groups in total. The van der Waals surface area contributed by atoms with Gasteiger partial charge in [0, 0.05) is 13.0 Å². The lowest BCUT2D eigenvalue weighted by Crippen LogP contribution is -2.43. The predicted octanol–water partition coefficient (Wildman–Crippen LogP) is 8.41. The van der Waals surface area contributed by atoms with Crippen LogP contribution in [-0.2, 0) is 14.3 Å². The normalized spacial score (nSPS) is 11.8. The van der Waals surface area contributed by atoms with Gasteiger partial charge in [0.1, 0.15) is 6.61 Å². The number of amides is 2. The molecule has 37 heavy (non-hydrogen) atoms. The molecular weight excluding hydrogens is 464 g/mol. The van der Waals surface area contributed by atoms with Crippen LogP contribution < -0.4 is 10.6 Å². The quantitative estimate of drug-likeness (QED) is 0.0834. The Morgan fingerprint density at radius 2 is 1.05 bits per heavy atom. The van der Waals surface area contributed by atoms with Crippen molar-refractivity contribution < 1.29 is 19.1 Å². The number of carbonyl (C=O) groups excluding carboxylic acids is 3. The summed E-state index contributed by atoms with van der Waals surface area (Å²) in [5.41, 5.74) is 0. The highest BCUT2D eigenvalue weighted by Gasteiger charge is 2.19. The van der Waals surface area contributed by atoms with E-state index in [-0.39, 0.29) is 18.4 Å². The molecule has 0 aliphatic rings. The van der Waals surface area contributed by atoms with E-state index in [2.05, 4.69) is 31.4 Å². The Bertz CT molecular complexity index is 553. The van der Waals surface area contributed by atoms with E-state index in [9.17, 15) is 14.4 Å². The molecule has 0 heterocycles. The van der Waals surface area contributed by atoms with Crippen molar-refractivity contribution in [1.82, 2.24) is 10.6 Å². The average molecular weight is 525 g/mol. The first-order chi connectivity index (χ1) is 18.0. The third kappa shape index (κ3) is 24.5. The maximum atomic E-state index is 12.4. The summed E-state index contributed by atoms with van der Waals surface area (Å²) < 4.78 is 5.33. The van der Waals surface area contributed by atoms with Gasteiger partial charge in [0.05, 0.1) is 6.04 Å². The molecule has 0 aromatic heterocycles. The minimum absolute atomic E-state index is 0.0972. The maximum Gasteiger partial charge on any atom is 0.407 e. The van der Waals surface area contributed by atoms with Gasteiger partial charge in [-0.25, -0.2) is 4.79 Å². The number of nitrogens with one attached hydrogen (secondary N) is 2. The van der Waals surface area contributed by atoms with Crippen molar-refractivity contribution in [2.45, 2.75) is 168 Å². The third-order valence-corrected chi connectivity index (χ3v) is 6.97. The summed E-state index contributed by atoms with van der Waals surface area (Å²) in [6.07, 6.45) is 24.2. The second-order valence-electron chi connectivity index (χ2n) is 10.7. The van der Waals surface area contributed by atoms with Crippen molar-refractivity contribution in [3.05, 3.63) is 0 Å². The van der Waals surface area contributed by atoms with Gasteiger partial charge in [-0.1, -0.05) is 136 Å². The zero-order valence-corrected chi connectivity index (χ0v) is 24.7. The smallest absolute Gasteiger partial charge is 0.407 e. The summed E-state index contributed by atoms with van der Waals surface area (Å²) in [5, 5.41) is 5.59. The molecule has 0 bridgehead atoms. The molecule has 6 heteroatoms. The minimum atomic E-state index is -0.541. The number of alkyl carbamates (subject to hydrolysis) is 1. The fraction of sp³-hybridized carbons (Fsp3) is 0.903. The molecular formula is C31H60N2O4. The minimum Gasteiger partial charge on any atom is -0.447 e. The molecule has 0 aliphatic carbocycles. The Kier molecular flexibility index (Phi) is 26.3. The first kappa shape index (κ1) is 35.4. The highest BCUT2D eigenvalue weighted by molar-refractivity contribution is 6.36. The fourth-order valence-corrected chi connectivity index (χ4v) is 4.48. The fourth-order valence-electron chi connectivity index (χ4n) is 4.48. The van der Waals surface area contributed by atoms with E-state index in [1.54, 1.807) is 0 Å². The van der Waals surface area contributed by atoms with Crippen molar-refractivity contribution in [1.29, 1.82) is 0 Å². The molecule has 0 aromatic carbocycles.